The lowest BCUT2D eigenvalue weighted by Gasteiger charge is -2.19. The third-order valence-corrected chi connectivity index (χ3v) is 7.44. The molecule has 1 unspecified atom stereocenters. The molecule has 7 nitrogen and oxygen atoms in total. The summed E-state index contributed by atoms with van der Waals surface area (Å²) in [6.07, 6.45) is 1.85. The van der Waals surface area contributed by atoms with Gasteiger partial charge < -0.3 is 9.58 Å². The van der Waals surface area contributed by atoms with Gasteiger partial charge in [-0.2, -0.15) is 0 Å². The van der Waals surface area contributed by atoms with Crippen molar-refractivity contribution >= 4 is 26.9 Å². The molecule has 3 atom stereocenters. The number of rotatable bonds is 5. The quantitative estimate of drug-likeness (QED) is 0.488. The van der Waals surface area contributed by atoms with Gasteiger partial charge in [-0.05, 0) is 25.1 Å². The standard InChI is InChI=1S/C23H23N3O4S/c1-4-30-22(27)19-14-23(2,24-3)21(25-19)18-15-26(20-13-9-8-12-17(18)20)31(28,29)16-10-6-5-7-11-16/h5-13,15,19,21,25H,4,14H2,1-2H3/t19-,21?,23-/m0/s1. The molecule has 0 aliphatic carbocycles. The number of para-hydroxylation sites is 1. The number of fused-ring (bicyclic) bond motifs is 1. The van der Waals surface area contributed by atoms with Crippen LogP contribution in [-0.2, 0) is 19.6 Å². The molecule has 2 heterocycles. The summed E-state index contributed by atoms with van der Waals surface area (Å²) < 4.78 is 33.2. The number of hydrogen-bond acceptors (Lipinski definition) is 5. The van der Waals surface area contributed by atoms with Crippen LogP contribution in [0.25, 0.3) is 15.7 Å². The van der Waals surface area contributed by atoms with Gasteiger partial charge in [-0.3, -0.25) is 10.1 Å². The average molecular weight is 438 g/mol. The minimum absolute atomic E-state index is 0.180. The summed E-state index contributed by atoms with van der Waals surface area (Å²) in [5.74, 6) is -0.402. The van der Waals surface area contributed by atoms with E-state index in [-0.39, 0.29) is 17.9 Å². The van der Waals surface area contributed by atoms with E-state index < -0.39 is 33.6 Å². The maximum absolute atomic E-state index is 13.4. The zero-order chi connectivity index (χ0) is 22.2. The van der Waals surface area contributed by atoms with Gasteiger partial charge in [0.25, 0.3) is 15.6 Å². The van der Waals surface area contributed by atoms with E-state index in [1.165, 1.54) is 3.97 Å². The summed E-state index contributed by atoms with van der Waals surface area (Å²) in [7, 11) is -3.84. The van der Waals surface area contributed by atoms with Gasteiger partial charge >= 0.3 is 5.97 Å². The maximum Gasteiger partial charge on any atom is 0.323 e. The predicted octanol–water partition coefficient (Wildman–Crippen LogP) is 3.52. The zero-order valence-electron chi connectivity index (χ0n) is 17.3. The highest BCUT2D eigenvalue weighted by Crippen LogP contribution is 2.43. The molecule has 0 bridgehead atoms. The van der Waals surface area contributed by atoms with Crippen molar-refractivity contribution in [3.8, 4) is 0 Å². The fourth-order valence-electron chi connectivity index (χ4n) is 4.21. The molecule has 0 spiro atoms. The first-order valence-corrected chi connectivity index (χ1v) is 11.5. The van der Waals surface area contributed by atoms with Crippen molar-refractivity contribution < 1.29 is 17.9 Å². The summed E-state index contributed by atoms with van der Waals surface area (Å²) in [6.45, 7) is 11.6. The van der Waals surface area contributed by atoms with Gasteiger partial charge in [0.1, 0.15) is 12.1 Å². The second kappa shape index (κ2) is 7.84. The third kappa shape index (κ3) is 3.50. The Bertz CT molecular complexity index is 1280. The van der Waals surface area contributed by atoms with E-state index in [1.807, 2.05) is 12.1 Å². The van der Waals surface area contributed by atoms with Crippen molar-refractivity contribution in [2.24, 2.45) is 0 Å². The van der Waals surface area contributed by atoms with Crippen LogP contribution in [-0.4, -0.2) is 36.5 Å². The summed E-state index contributed by atoms with van der Waals surface area (Å²) >= 11 is 0. The number of esters is 1. The SMILES string of the molecule is [C-]#[N+][C@@]1(C)C[C@@H](C(=O)OCC)NC1c1cn(S(=O)(=O)c2ccccc2)c2ccccc12. The summed E-state index contributed by atoms with van der Waals surface area (Å²) in [5.41, 5.74) is 0.263. The number of aromatic nitrogens is 1. The lowest BCUT2D eigenvalue weighted by atomic mass is 9.87. The third-order valence-electron chi connectivity index (χ3n) is 5.75. The highest BCUT2D eigenvalue weighted by Gasteiger charge is 2.53. The monoisotopic (exact) mass is 437 g/mol. The van der Waals surface area contributed by atoms with Gasteiger partial charge in [0.05, 0.1) is 23.4 Å². The van der Waals surface area contributed by atoms with E-state index in [9.17, 15) is 13.2 Å². The zero-order valence-corrected chi connectivity index (χ0v) is 18.1. The Morgan fingerprint density at radius 3 is 2.58 bits per heavy atom. The molecule has 4 rings (SSSR count). The van der Waals surface area contributed by atoms with Crippen molar-refractivity contribution in [3.05, 3.63) is 77.8 Å². The van der Waals surface area contributed by atoms with E-state index in [0.29, 0.717) is 11.1 Å². The summed E-state index contributed by atoms with van der Waals surface area (Å²) in [4.78, 5) is 16.4. The molecular weight excluding hydrogens is 414 g/mol. The largest absolute Gasteiger partial charge is 0.465 e. The first-order valence-electron chi connectivity index (χ1n) is 10.0. The molecule has 0 amide bonds. The molecule has 0 saturated carbocycles. The number of nitrogens with zero attached hydrogens (tertiary/aromatic N) is 2. The molecule has 2 aromatic carbocycles. The van der Waals surface area contributed by atoms with Crippen LogP contribution in [0.1, 0.15) is 31.9 Å². The summed E-state index contributed by atoms with van der Waals surface area (Å²) in [6, 6.07) is 14.3. The van der Waals surface area contributed by atoms with Crippen LogP contribution < -0.4 is 5.32 Å². The molecule has 1 aliphatic rings. The molecule has 1 saturated heterocycles. The van der Waals surface area contributed by atoms with Crippen molar-refractivity contribution in [3.63, 3.8) is 0 Å². The molecule has 1 aliphatic heterocycles. The fraction of sp³-hybridized carbons (Fsp3) is 0.304. The molecular formula is C23H23N3O4S. The normalized spacial score (nSPS) is 23.5. The van der Waals surface area contributed by atoms with Crippen LogP contribution in [0.2, 0.25) is 0 Å². The first-order chi connectivity index (χ1) is 14.8. The number of benzene rings is 2. The molecule has 1 N–H and O–H groups in total. The smallest absolute Gasteiger partial charge is 0.323 e. The fourth-order valence-corrected chi connectivity index (χ4v) is 5.61. The van der Waals surface area contributed by atoms with E-state index in [4.69, 9.17) is 11.3 Å². The Hall–Kier alpha value is -3.15. The average Bonchev–Trinajstić information content (AvgIpc) is 3.33. The van der Waals surface area contributed by atoms with Crippen molar-refractivity contribution in [1.29, 1.82) is 0 Å². The van der Waals surface area contributed by atoms with Gasteiger partial charge in [-0.15, -0.1) is 0 Å². The van der Waals surface area contributed by atoms with Crippen LogP contribution in [0.3, 0.4) is 0 Å². The van der Waals surface area contributed by atoms with Gasteiger partial charge in [0.15, 0.2) is 0 Å². The number of hydrogen-bond donors (Lipinski definition) is 1. The molecule has 1 fully saturated rings. The second-order valence-electron chi connectivity index (χ2n) is 7.79. The van der Waals surface area contributed by atoms with Gasteiger partial charge in [0.2, 0.25) is 0 Å². The molecule has 160 valence electrons. The Balaban J connectivity index is 1.86. The lowest BCUT2D eigenvalue weighted by Crippen LogP contribution is -2.34. The number of carbonyl (C=O) groups is 1. The van der Waals surface area contributed by atoms with Crippen LogP contribution in [0.5, 0.6) is 0 Å². The Labute approximate surface area is 181 Å². The minimum Gasteiger partial charge on any atom is -0.465 e. The van der Waals surface area contributed by atoms with Gasteiger partial charge in [-0.25, -0.2) is 19.0 Å². The number of nitrogens with one attached hydrogen (secondary N) is 1. The number of ether oxygens (including phenoxy) is 1. The Kier molecular flexibility index (Phi) is 5.33. The number of carbonyl (C=O) groups excluding carboxylic acids is 1. The van der Waals surface area contributed by atoms with Crippen molar-refractivity contribution in [2.75, 3.05) is 6.61 Å². The van der Waals surface area contributed by atoms with E-state index in [1.54, 1.807) is 62.5 Å². The minimum atomic E-state index is -3.84. The van der Waals surface area contributed by atoms with Crippen molar-refractivity contribution in [2.45, 2.75) is 42.8 Å². The van der Waals surface area contributed by atoms with Crippen molar-refractivity contribution in [1.82, 2.24) is 9.29 Å². The molecule has 0 radical (unpaired) electrons. The maximum atomic E-state index is 13.4. The molecule has 3 aromatic rings. The molecule has 1 aromatic heterocycles. The van der Waals surface area contributed by atoms with E-state index in [2.05, 4.69) is 10.2 Å². The topological polar surface area (TPSA) is 81.8 Å². The first kappa shape index (κ1) is 21.1. The lowest BCUT2D eigenvalue weighted by molar-refractivity contribution is -0.145. The Morgan fingerprint density at radius 1 is 1.23 bits per heavy atom. The van der Waals surface area contributed by atoms with Crippen LogP contribution in [0.15, 0.2) is 65.7 Å². The van der Waals surface area contributed by atoms with Crippen LogP contribution >= 0.6 is 0 Å². The summed E-state index contributed by atoms with van der Waals surface area (Å²) in [5, 5.41) is 3.95. The second-order valence-corrected chi connectivity index (χ2v) is 9.61. The predicted molar refractivity (Wildman–Crippen MR) is 117 cm³/mol. The Morgan fingerprint density at radius 2 is 1.90 bits per heavy atom. The molecule has 31 heavy (non-hydrogen) atoms. The van der Waals surface area contributed by atoms with Gasteiger partial charge in [0, 0.05) is 24.1 Å². The van der Waals surface area contributed by atoms with E-state index >= 15 is 0 Å². The van der Waals surface area contributed by atoms with Crippen LogP contribution in [0.4, 0.5) is 0 Å². The highest BCUT2D eigenvalue weighted by molar-refractivity contribution is 7.90. The van der Waals surface area contributed by atoms with Crippen LogP contribution in [0, 0.1) is 6.57 Å². The highest BCUT2D eigenvalue weighted by atomic mass is 32.2. The molecule has 8 heteroatoms. The van der Waals surface area contributed by atoms with Gasteiger partial charge in [-0.1, -0.05) is 36.4 Å². The van der Waals surface area contributed by atoms with E-state index in [0.717, 1.165) is 5.39 Å².